The number of hydrogen-bond donors (Lipinski definition) is 2. The predicted octanol–water partition coefficient (Wildman–Crippen LogP) is 0.0435. The number of ether oxygens (including phenoxy) is 1. The van der Waals surface area contributed by atoms with E-state index in [1.165, 1.54) is 11.4 Å². The summed E-state index contributed by atoms with van der Waals surface area (Å²) in [6, 6.07) is 4.08. The molecule has 0 saturated carbocycles. The minimum Gasteiger partial charge on any atom is -0.486 e. The first-order chi connectivity index (χ1) is 8.52. The van der Waals surface area contributed by atoms with E-state index in [0.717, 1.165) is 35.0 Å². The standard InChI is InChI=1S/C14H23ClN2O/c1-11-5-6-12(2)14(13(11)15)18-10-8-16-7-9-17(3)4/h5-6,16H,7-10H2,1-4H3/p+2. The third-order valence-corrected chi connectivity index (χ3v) is 3.37. The fourth-order valence-corrected chi connectivity index (χ4v) is 1.97. The molecule has 0 radical (unpaired) electrons. The van der Waals surface area contributed by atoms with Gasteiger partial charge in [-0.25, -0.2) is 0 Å². The molecule has 1 aromatic carbocycles. The minimum atomic E-state index is 0.701. The second-order valence-electron chi connectivity index (χ2n) is 5.01. The van der Waals surface area contributed by atoms with E-state index in [4.69, 9.17) is 16.3 Å². The fourth-order valence-electron chi connectivity index (χ4n) is 1.71. The first-order valence-corrected chi connectivity index (χ1v) is 6.89. The third-order valence-electron chi connectivity index (χ3n) is 2.90. The van der Waals surface area contributed by atoms with Gasteiger partial charge in [-0.15, -0.1) is 0 Å². The zero-order chi connectivity index (χ0) is 13.5. The SMILES string of the molecule is Cc1ccc(C)c(OCC[NH2+]CC[NH+](C)C)c1Cl. The van der Waals surface area contributed by atoms with Crippen molar-refractivity contribution in [2.24, 2.45) is 0 Å². The van der Waals surface area contributed by atoms with Crippen LogP contribution in [0.4, 0.5) is 0 Å². The summed E-state index contributed by atoms with van der Waals surface area (Å²) in [5, 5.41) is 3.03. The number of likely N-dealkylation sites (N-methyl/N-ethyl adjacent to an activating group) is 1. The highest BCUT2D eigenvalue weighted by atomic mass is 35.5. The highest BCUT2D eigenvalue weighted by Gasteiger charge is 2.08. The van der Waals surface area contributed by atoms with Crippen molar-refractivity contribution in [1.29, 1.82) is 0 Å². The Morgan fingerprint density at radius 3 is 2.50 bits per heavy atom. The lowest BCUT2D eigenvalue weighted by Crippen LogP contribution is -3.09. The molecule has 3 N–H and O–H groups in total. The van der Waals surface area contributed by atoms with Gasteiger partial charge in [0.2, 0.25) is 0 Å². The fraction of sp³-hybridized carbons (Fsp3) is 0.571. The van der Waals surface area contributed by atoms with Gasteiger partial charge in [0.25, 0.3) is 0 Å². The van der Waals surface area contributed by atoms with Crippen molar-refractivity contribution in [3.63, 3.8) is 0 Å². The molecule has 3 nitrogen and oxygen atoms in total. The van der Waals surface area contributed by atoms with Crippen LogP contribution in [0.2, 0.25) is 5.02 Å². The number of halogens is 1. The highest BCUT2D eigenvalue weighted by Crippen LogP contribution is 2.31. The number of hydrogen-bond acceptors (Lipinski definition) is 1. The number of rotatable bonds is 7. The van der Waals surface area contributed by atoms with E-state index in [9.17, 15) is 0 Å². The van der Waals surface area contributed by atoms with Crippen LogP contribution < -0.4 is 15.0 Å². The molecule has 0 aliphatic carbocycles. The van der Waals surface area contributed by atoms with E-state index in [2.05, 4.69) is 25.5 Å². The Labute approximate surface area is 115 Å². The summed E-state index contributed by atoms with van der Waals surface area (Å²) in [4.78, 5) is 1.48. The molecule has 0 spiro atoms. The number of aryl methyl sites for hydroxylation is 2. The van der Waals surface area contributed by atoms with E-state index < -0.39 is 0 Å². The van der Waals surface area contributed by atoms with Crippen LogP contribution in [-0.4, -0.2) is 40.3 Å². The second-order valence-corrected chi connectivity index (χ2v) is 5.39. The Kier molecular flexibility index (Phi) is 6.47. The molecule has 102 valence electrons. The van der Waals surface area contributed by atoms with Crippen molar-refractivity contribution in [1.82, 2.24) is 0 Å². The lowest BCUT2D eigenvalue weighted by atomic mass is 10.1. The van der Waals surface area contributed by atoms with Gasteiger partial charge in [0.15, 0.2) is 0 Å². The van der Waals surface area contributed by atoms with Crippen molar-refractivity contribution in [2.75, 3.05) is 40.3 Å². The summed E-state index contributed by atoms with van der Waals surface area (Å²) < 4.78 is 5.79. The third kappa shape index (κ3) is 4.84. The van der Waals surface area contributed by atoms with E-state index >= 15 is 0 Å². The molecule has 0 fully saturated rings. The van der Waals surface area contributed by atoms with Gasteiger partial charge in [-0.3, -0.25) is 0 Å². The molecule has 18 heavy (non-hydrogen) atoms. The summed E-state index contributed by atoms with van der Waals surface area (Å²) in [6.45, 7) is 8.00. The number of benzene rings is 1. The van der Waals surface area contributed by atoms with Crippen LogP contribution in [0.5, 0.6) is 5.75 Å². The molecule has 0 aliphatic rings. The number of quaternary nitrogens is 2. The number of nitrogens with one attached hydrogen (secondary N) is 1. The van der Waals surface area contributed by atoms with Gasteiger partial charge in [0, 0.05) is 0 Å². The lowest BCUT2D eigenvalue weighted by molar-refractivity contribution is -0.874. The molecule has 1 rings (SSSR count). The first kappa shape index (κ1) is 15.3. The minimum absolute atomic E-state index is 0.701. The molecule has 1 aromatic rings. The quantitative estimate of drug-likeness (QED) is 0.675. The Morgan fingerprint density at radius 1 is 1.17 bits per heavy atom. The molecular formula is C14H25ClN2O+2. The smallest absolute Gasteiger partial charge is 0.141 e. The van der Waals surface area contributed by atoms with Gasteiger partial charge in [-0.1, -0.05) is 23.7 Å². The van der Waals surface area contributed by atoms with Gasteiger partial charge in [-0.2, -0.15) is 0 Å². The Morgan fingerprint density at radius 2 is 1.83 bits per heavy atom. The molecule has 0 bridgehead atoms. The molecule has 0 aliphatic heterocycles. The van der Waals surface area contributed by atoms with Crippen LogP contribution in [0.3, 0.4) is 0 Å². The zero-order valence-corrected chi connectivity index (χ0v) is 12.6. The van der Waals surface area contributed by atoms with Crippen molar-refractivity contribution in [3.8, 4) is 5.75 Å². The van der Waals surface area contributed by atoms with Crippen LogP contribution in [0, 0.1) is 13.8 Å². The van der Waals surface area contributed by atoms with Gasteiger partial charge in [-0.05, 0) is 25.0 Å². The molecule has 0 amide bonds. The molecule has 0 aromatic heterocycles. The van der Waals surface area contributed by atoms with Crippen molar-refractivity contribution in [3.05, 3.63) is 28.3 Å². The Hall–Kier alpha value is -0.770. The molecule has 0 saturated heterocycles. The maximum atomic E-state index is 6.24. The number of nitrogens with two attached hydrogens (primary N) is 1. The van der Waals surface area contributed by atoms with E-state index in [1.54, 1.807) is 0 Å². The molecule has 4 heteroatoms. The van der Waals surface area contributed by atoms with Gasteiger partial charge in [0.1, 0.15) is 32.0 Å². The summed E-state index contributed by atoms with van der Waals surface area (Å²) in [6.07, 6.45) is 0. The Bertz CT molecular complexity index is 380. The summed E-state index contributed by atoms with van der Waals surface area (Å²) in [5.74, 6) is 0.836. The van der Waals surface area contributed by atoms with Crippen LogP contribution in [0.15, 0.2) is 12.1 Å². The van der Waals surface area contributed by atoms with E-state index in [0.29, 0.717) is 6.61 Å². The van der Waals surface area contributed by atoms with Crippen LogP contribution in [-0.2, 0) is 0 Å². The average molecular weight is 273 g/mol. The van der Waals surface area contributed by atoms with Crippen LogP contribution >= 0.6 is 11.6 Å². The lowest BCUT2D eigenvalue weighted by Gasteiger charge is -2.12. The van der Waals surface area contributed by atoms with Crippen molar-refractivity contribution >= 4 is 11.6 Å². The molecular weight excluding hydrogens is 248 g/mol. The maximum absolute atomic E-state index is 6.24. The Balaban J connectivity index is 2.33. The summed E-state index contributed by atoms with van der Waals surface area (Å²) in [7, 11) is 4.33. The van der Waals surface area contributed by atoms with Crippen LogP contribution in [0.25, 0.3) is 0 Å². The van der Waals surface area contributed by atoms with E-state index in [1.807, 2.05) is 19.9 Å². The maximum Gasteiger partial charge on any atom is 0.141 e. The zero-order valence-electron chi connectivity index (χ0n) is 11.8. The normalized spacial score (nSPS) is 11.0. The van der Waals surface area contributed by atoms with Crippen molar-refractivity contribution in [2.45, 2.75) is 13.8 Å². The molecule has 0 atom stereocenters. The first-order valence-electron chi connectivity index (χ1n) is 6.51. The van der Waals surface area contributed by atoms with E-state index in [-0.39, 0.29) is 0 Å². The second kappa shape index (κ2) is 7.62. The molecule has 0 heterocycles. The van der Waals surface area contributed by atoms with Crippen LogP contribution in [0.1, 0.15) is 11.1 Å². The van der Waals surface area contributed by atoms with Gasteiger partial charge >= 0.3 is 0 Å². The topological polar surface area (TPSA) is 30.3 Å². The predicted molar refractivity (Wildman–Crippen MR) is 75.8 cm³/mol. The molecule has 0 unspecified atom stereocenters. The average Bonchev–Trinajstić information content (AvgIpc) is 2.32. The van der Waals surface area contributed by atoms with Gasteiger partial charge in [0.05, 0.1) is 19.1 Å². The van der Waals surface area contributed by atoms with Gasteiger partial charge < -0.3 is 15.0 Å². The summed E-state index contributed by atoms with van der Waals surface area (Å²) >= 11 is 6.24. The van der Waals surface area contributed by atoms with Crippen molar-refractivity contribution < 1.29 is 15.0 Å². The summed E-state index contributed by atoms with van der Waals surface area (Å²) in [5.41, 5.74) is 2.17. The monoisotopic (exact) mass is 272 g/mol. The highest BCUT2D eigenvalue weighted by molar-refractivity contribution is 6.32. The largest absolute Gasteiger partial charge is 0.486 e.